The molecular formula is C17H38NO2P. The van der Waals surface area contributed by atoms with E-state index in [1.54, 1.807) is 0 Å². The summed E-state index contributed by atoms with van der Waals surface area (Å²) in [6.07, 6.45) is 14.0. The summed E-state index contributed by atoms with van der Waals surface area (Å²) in [6, 6.07) is 0. The largest absolute Gasteiger partial charge is 0.550 e. The molecule has 0 radical (unpaired) electrons. The van der Waals surface area contributed by atoms with E-state index in [4.69, 9.17) is 9.90 Å². The zero-order valence-corrected chi connectivity index (χ0v) is 15.9. The molecule has 1 N–H and O–H groups in total. The van der Waals surface area contributed by atoms with Gasteiger partial charge in [-0.15, -0.1) is 0 Å². The second kappa shape index (κ2) is 16.2. The predicted molar refractivity (Wildman–Crippen MR) is 95.2 cm³/mol. The van der Waals surface area contributed by atoms with Crippen molar-refractivity contribution in [1.29, 1.82) is 0 Å². The average Bonchev–Trinajstić information content (AvgIpc) is 2.43. The van der Waals surface area contributed by atoms with Crippen LogP contribution in [0.2, 0.25) is 0 Å². The van der Waals surface area contributed by atoms with E-state index in [1.807, 2.05) is 0 Å². The zero-order valence-electron chi connectivity index (χ0n) is 15.0. The van der Waals surface area contributed by atoms with Crippen molar-refractivity contribution >= 4 is 13.4 Å². The number of rotatable bonds is 12. The van der Waals surface area contributed by atoms with E-state index in [1.165, 1.54) is 70.0 Å². The number of unbranched alkanes of at least 4 members (excludes halogenated alkanes) is 3. The van der Waals surface area contributed by atoms with E-state index in [2.05, 4.69) is 32.8 Å². The number of nitrogens with one attached hydrogen (secondary N) is 1. The molecule has 21 heavy (non-hydrogen) atoms. The first-order valence-electron chi connectivity index (χ1n) is 8.76. The van der Waals surface area contributed by atoms with Crippen molar-refractivity contribution in [3.63, 3.8) is 0 Å². The number of carboxylic acid groups (broad SMARTS) is 1. The Labute approximate surface area is 133 Å². The maximum Gasteiger partial charge on any atom is 0.0799 e. The summed E-state index contributed by atoms with van der Waals surface area (Å²) in [5, 5.41) is 12.9. The Morgan fingerprint density at radius 1 is 0.857 bits per heavy atom. The third kappa shape index (κ3) is 16.1. The van der Waals surface area contributed by atoms with Crippen LogP contribution in [-0.2, 0) is 4.79 Å². The highest BCUT2D eigenvalue weighted by Gasteiger charge is 2.34. The summed E-state index contributed by atoms with van der Waals surface area (Å²) in [4.78, 5) is 8.89. The standard InChI is InChI=1S/C15H35NP.C2H4O2/c1-5-9-12-16-17(13-8-4,14-10-6-2)15-11-7-3;1-2(3)4/h16H,5-15H2,1-4H3;1H3,(H,3,4)/q+1;/p-1. The molecule has 0 aromatic rings. The molecule has 0 aromatic carbocycles. The molecule has 4 heteroatoms. The van der Waals surface area contributed by atoms with Crippen LogP contribution in [0.5, 0.6) is 0 Å². The zero-order chi connectivity index (χ0) is 16.6. The number of carbonyl (C=O) groups is 1. The molecule has 0 fully saturated rings. The molecule has 0 spiro atoms. The second-order valence-corrected chi connectivity index (χ2v) is 9.72. The molecule has 0 saturated carbocycles. The summed E-state index contributed by atoms with van der Waals surface area (Å²) >= 11 is 0. The van der Waals surface area contributed by atoms with Gasteiger partial charge in [-0.05, 0) is 32.6 Å². The van der Waals surface area contributed by atoms with Gasteiger partial charge in [0.05, 0.1) is 25.9 Å². The van der Waals surface area contributed by atoms with Crippen molar-refractivity contribution in [3.8, 4) is 0 Å². The molecule has 0 aliphatic carbocycles. The summed E-state index contributed by atoms with van der Waals surface area (Å²) < 4.78 is 0. The van der Waals surface area contributed by atoms with E-state index in [-0.39, 0.29) is 0 Å². The summed E-state index contributed by atoms with van der Waals surface area (Å²) in [5.74, 6) is -1.08. The van der Waals surface area contributed by atoms with Gasteiger partial charge in [-0.2, -0.15) is 5.09 Å². The number of aliphatic carboxylic acids is 1. The van der Waals surface area contributed by atoms with Crippen LogP contribution < -0.4 is 10.2 Å². The first kappa shape index (κ1) is 23.1. The normalized spacial score (nSPS) is 10.9. The van der Waals surface area contributed by atoms with E-state index in [0.29, 0.717) is 0 Å². The highest BCUT2D eigenvalue weighted by Crippen LogP contribution is 2.56. The Bertz CT molecular complexity index is 223. The minimum Gasteiger partial charge on any atom is -0.550 e. The summed E-state index contributed by atoms with van der Waals surface area (Å²) in [7, 11) is -0.809. The van der Waals surface area contributed by atoms with E-state index in [0.717, 1.165) is 6.92 Å². The number of hydrogen-bond acceptors (Lipinski definition) is 3. The van der Waals surface area contributed by atoms with Crippen molar-refractivity contribution in [2.75, 3.05) is 25.0 Å². The lowest BCUT2D eigenvalue weighted by Crippen LogP contribution is -2.25. The molecule has 0 aliphatic rings. The van der Waals surface area contributed by atoms with Crippen LogP contribution in [0.4, 0.5) is 0 Å². The number of carbonyl (C=O) groups excluding carboxylic acids is 1. The Morgan fingerprint density at radius 2 is 1.29 bits per heavy atom. The average molecular weight is 319 g/mol. The van der Waals surface area contributed by atoms with Crippen LogP contribution in [0.25, 0.3) is 0 Å². The van der Waals surface area contributed by atoms with Crippen LogP contribution in [0.3, 0.4) is 0 Å². The second-order valence-electron chi connectivity index (χ2n) is 5.78. The maximum atomic E-state index is 8.89. The first-order valence-corrected chi connectivity index (χ1v) is 11.1. The molecule has 0 bridgehead atoms. The van der Waals surface area contributed by atoms with Crippen LogP contribution in [0.15, 0.2) is 0 Å². The Hall–Kier alpha value is -0.140. The SMILES string of the molecule is CC(=O)[O-].CCCCN[P+](CCC)(CCCC)CCCC. The molecule has 3 nitrogen and oxygen atoms in total. The monoisotopic (exact) mass is 319 g/mol. The third-order valence-corrected chi connectivity index (χ3v) is 8.05. The van der Waals surface area contributed by atoms with Crippen molar-refractivity contribution in [3.05, 3.63) is 0 Å². The molecule has 0 atom stereocenters. The van der Waals surface area contributed by atoms with Crippen LogP contribution in [0.1, 0.15) is 79.6 Å². The third-order valence-electron chi connectivity index (χ3n) is 3.51. The van der Waals surface area contributed by atoms with Gasteiger partial charge in [0, 0.05) is 12.5 Å². The molecule has 0 saturated heterocycles. The lowest BCUT2D eigenvalue weighted by atomic mass is 10.3. The molecule has 0 aliphatic heterocycles. The highest BCUT2D eigenvalue weighted by molar-refractivity contribution is 7.74. The first-order chi connectivity index (χ1) is 9.97. The van der Waals surface area contributed by atoms with Crippen LogP contribution in [0, 0.1) is 0 Å². The van der Waals surface area contributed by atoms with Gasteiger partial charge in [-0.1, -0.05) is 47.0 Å². The van der Waals surface area contributed by atoms with Crippen LogP contribution in [-0.4, -0.2) is 31.0 Å². The molecule has 0 unspecified atom stereocenters. The van der Waals surface area contributed by atoms with Gasteiger partial charge >= 0.3 is 0 Å². The predicted octanol–water partition coefficient (Wildman–Crippen LogP) is 4.08. The Balaban J connectivity index is 0. The molecular weight excluding hydrogens is 281 g/mol. The fraction of sp³-hybridized carbons (Fsp3) is 0.941. The van der Waals surface area contributed by atoms with Gasteiger partial charge in [0.2, 0.25) is 0 Å². The van der Waals surface area contributed by atoms with E-state index in [9.17, 15) is 0 Å². The minimum atomic E-state index is -1.08. The summed E-state index contributed by atoms with van der Waals surface area (Å²) in [5.41, 5.74) is 0. The van der Waals surface area contributed by atoms with Gasteiger partial charge < -0.3 is 9.90 Å². The van der Waals surface area contributed by atoms with E-state index < -0.39 is 13.4 Å². The van der Waals surface area contributed by atoms with Gasteiger partial charge in [-0.25, -0.2) is 0 Å². The maximum absolute atomic E-state index is 8.89. The molecule has 0 amide bonds. The van der Waals surface area contributed by atoms with Gasteiger partial charge in [-0.3, -0.25) is 0 Å². The topological polar surface area (TPSA) is 52.2 Å². The van der Waals surface area contributed by atoms with Crippen LogP contribution >= 0.6 is 7.41 Å². The Morgan fingerprint density at radius 3 is 1.62 bits per heavy atom. The Kier molecular flexibility index (Phi) is 17.9. The van der Waals surface area contributed by atoms with Crippen molar-refractivity contribution < 1.29 is 9.90 Å². The lowest BCUT2D eigenvalue weighted by molar-refractivity contribution is -0.302. The van der Waals surface area contributed by atoms with Gasteiger partial charge in [0.25, 0.3) is 0 Å². The number of carboxylic acids is 1. The van der Waals surface area contributed by atoms with Crippen molar-refractivity contribution in [2.45, 2.75) is 79.6 Å². The smallest absolute Gasteiger partial charge is 0.0799 e. The number of hydrogen-bond donors (Lipinski definition) is 1. The lowest BCUT2D eigenvalue weighted by Gasteiger charge is -2.28. The van der Waals surface area contributed by atoms with Gasteiger partial charge in [0.1, 0.15) is 0 Å². The quantitative estimate of drug-likeness (QED) is 0.436. The van der Waals surface area contributed by atoms with Crippen molar-refractivity contribution in [2.24, 2.45) is 0 Å². The van der Waals surface area contributed by atoms with E-state index >= 15 is 0 Å². The van der Waals surface area contributed by atoms with Gasteiger partial charge in [0.15, 0.2) is 0 Å². The fourth-order valence-electron chi connectivity index (χ4n) is 2.42. The molecule has 128 valence electrons. The highest BCUT2D eigenvalue weighted by atomic mass is 31.2. The van der Waals surface area contributed by atoms with Crippen molar-refractivity contribution in [1.82, 2.24) is 5.09 Å². The molecule has 0 aromatic heterocycles. The molecule has 0 heterocycles. The fourth-order valence-corrected chi connectivity index (χ4v) is 6.89. The molecule has 0 rings (SSSR count). The minimum absolute atomic E-state index is 0.809. The summed E-state index contributed by atoms with van der Waals surface area (Å²) in [6.45, 7) is 11.5.